The molecule has 0 N–H and O–H groups in total. The van der Waals surface area contributed by atoms with E-state index in [1.165, 1.54) is 21.9 Å². The predicted octanol–water partition coefficient (Wildman–Crippen LogP) is 14.6. The Morgan fingerprint density at radius 3 is 1.57 bits per heavy atom. The number of fused-ring (bicyclic) bond motifs is 10. The molecule has 0 aliphatic heterocycles. The van der Waals surface area contributed by atoms with Crippen molar-refractivity contribution in [2.24, 2.45) is 0 Å². The first kappa shape index (κ1) is 35.2. The van der Waals surface area contributed by atoms with Crippen molar-refractivity contribution in [2.45, 2.75) is 0 Å². The van der Waals surface area contributed by atoms with Gasteiger partial charge in [0.1, 0.15) is 5.58 Å². The first-order chi connectivity index (χ1) is 31.3. The zero-order valence-electron chi connectivity index (χ0n) is 33.9. The van der Waals surface area contributed by atoms with Crippen molar-refractivity contribution in [3.05, 3.63) is 212 Å². The van der Waals surface area contributed by atoms with Gasteiger partial charge in [-0.1, -0.05) is 170 Å². The lowest BCUT2D eigenvalue weighted by Gasteiger charge is -2.14. The van der Waals surface area contributed by atoms with Crippen molar-refractivity contribution in [3.8, 4) is 56.7 Å². The number of nitrogens with zero attached hydrogens (tertiary/aromatic N) is 5. The van der Waals surface area contributed by atoms with Crippen molar-refractivity contribution in [1.82, 2.24) is 24.1 Å². The molecular weight excluding hydrogens is 771 g/mol. The van der Waals surface area contributed by atoms with Gasteiger partial charge in [-0.25, -0.2) is 15.0 Å². The van der Waals surface area contributed by atoms with Crippen molar-refractivity contribution in [2.75, 3.05) is 0 Å². The number of rotatable bonds is 6. The Balaban J connectivity index is 1.11. The van der Waals surface area contributed by atoms with E-state index in [-0.39, 0.29) is 0 Å². The highest BCUT2D eigenvalue weighted by molar-refractivity contribution is 6.24. The lowest BCUT2D eigenvalue weighted by molar-refractivity contribution is 0.671. The molecule has 4 heterocycles. The minimum atomic E-state index is 0.552. The summed E-state index contributed by atoms with van der Waals surface area (Å²) in [4.78, 5) is 15.2. The molecule has 9 aromatic carbocycles. The summed E-state index contributed by atoms with van der Waals surface area (Å²) >= 11 is 0. The monoisotopic (exact) mass is 805 g/mol. The second-order valence-corrected chi connectivity index (χ2v) is 16.0. The molecule has 0 amide bonds. The average Bonchev–Trinajstić information content (AvgIpc) is 4.03. The van der Waals surface area contributed by atoms with Gasteiger partial charge in [0.25, 0.3) is 0 Å². The molecule has 0 saturated heterocycles. The highest BCUT2D eigenvalue weighted by atomic mass is 16.3. The highest BCUT2D eigenvalue weighted by Gasteiger charge is 2.25. The number of hydrogen-bond acceptors (Lipinski definition) is 4. The molecule has 294 valence electrons. The third-order valence-corrected chi connectivity index (χ3v) is 12.4. The first-order valence-corrected chi connectivity index (χ1v) is 21.2. The summed E-state index contributed by atoms with van der Waals surface area (Å²) in [6.45, 7) is 0. The van der Waals surface area contributed by atoms with Gasteiger partial charge in [-0.05, 0) is 53.6 Å². The van der Waals surface area contributed by atoms with Gasteiger partial charge in [-0.3, -0.25) is 0 Å². The van der Waals surface area contributed by atoms with E-state index >= 15 is 0 Å². The van der Waals surface area contributed by atoms with Crippen LogP contribution in [0.4, 0.5) is 0 Å². The molecule has 0 aliphatic rings. The molecule has 0 radical (unpaired) electrons. The number of furan rings is 1. The van der Waals surface area contributed by atoms with E-state index in [0.29, 0.717) is 17.5 Å². The van der Waals surface area contributed by atoms with Crippen LogP contribution in [0.25, 0.3) is 122 Å². The molecule has 0 atom stereocenters. The summed E-state index contributed by atoms with van der Waals surface area (Å²) in [5, 5.41) is 6.67. The number of aromatic nitrogens is 5. The Labute approximate surface area is 361 Å². The van der Waals surface area contributed by atoms with Crippen LogP contribution in [0.5, 0.6) is 0 Å². The Hall–Kier alpha value is -8.61. The maximum Gasteiger partial charge on any atom is 0.167 e. The maximum absolute atomic E-state index is 7.24. The van der Waals surface area contributed by atoms with Crippen LogP contribution in [-0.2, 0) is 0 Å². The molecule has 6 heteroatoms. The largest absolute Gasteiger partial charge is 0.453 e. The van der Waals surface area contributed by atoms with Crippen LogP contribution in [-0.4, -0.2) is 24.1 Å². The van der Waals surface area contributed by atoms with Gasteiger partial charge in [0.05, 0.1) is 33.3 Å². The lowest BCUT2D eigenvalue weighted by Crippen LogP contribution is -2.00. The van der Waals surface area contributed by atoms with Gasteiger partial charge >= 0.3 is 0 Å². The normalized spacial score (nSPS) is 11.8. The Bertz CT molecular complexity index is 3830. The van der Waals surface area contributed by atoms with Crippen LogP contribution in [0.1, 0.15) is 0 Å². The Morgan fingerprint density at radius 1 is 0.317 bits per heavy atom. The van der Waals surface area contributed by atoms with Crippen molar-refractivity contribution in [3.63, 3.8) is 0 Å². The molecule has 63 heavy (non-hydrogen) atoms. The third-order valence-electron chi connectivity index (χ3n) is 12.4. The quantitative estimate of drug-likeness (QED) is 0.168. The summed E-state index contributed by atoms with van der Waals surface area (Å²) < 4.78 is 12.1. The van der Waals surface area contributed by atoms with Gasteiger partial charge in [0.15, 0.2) is 23.1 Å². The van der Waals surface area contributed by atoms with Gasteiger partial charge in [0.2, 0.25) is 0 Å². The van der Waals surface area contributed by atoms with E-state index in [9.17, 15) is 0 Å². The van der Waals surface area contributed by atoms with E-state index in [2.05, 4.69) is 161 Å². The highest BCUT2D eigenvalue weighted by Crippen LogP contribution is 2.45. The van der Waals surface area contributed by atoms with Crippen molar-refractivity contribution < 1.29 is 4.42 Å². The maximum atomic E-state index is 7.24. The fourth-order valence-electron chi connectivity index (χ4n) is 9.54. The average molecular weight is 806 g/mol. The topological polar surface area (TPSA) is 61.7 Å². The molecule has 0 fully saturated rings. The van der Waals surface area contributed by atoms with Crippen molar-refractivity contribution >= 4 is 65.6 Å². The fraction of sp³-hybridized carbons (Fsp3) is 0. The molecular formula is C57H35N5O. The first-order valence-electron chi connectivity index (χ1n) is 21.2. The van der Waals surface area contributed by atoms with Gasteiger partial charge in [-0.2, -0.15) is 0 Å². The standard InChI is InChI=1S/C57H35N5O/c1-5-17-36(18-6-1)39-31-32-42-41-25-13-14-29-48(41)62(50(42)35-39)49-30-16-26-43-44-33-34-46-45-27-15-28-47(53(45)63-54(46)52(44)61(51(43)49)40-23-11-4-12-24-40)57-59-55(37-19-7-2-8-20-37)58-56(60-57)38-21-9-3-10-22-38/h1-35H. The molecule has 0 aliphatic carbocycles. The smallest absolute Gasteiger partial charge is 0.167 e. The van der Waals surface area contributed by atoms with Crippen LogP contribution >= 0.6 is 0 Å². The molecule has 0 bridgehead atoms. The summed E-state index contributed by atoms with van der Waals surface area (Å²) in [6.07, 6.45) is 0. The summed E-state index contributed by atoms with van der Waals surface area (Å²) in [5.41, 5.74) is 13.0. The molecule has 13 aromatic rings. The van der Waals surface area contributed by atoms with E-state index in [1.54, 1.807) is 0 Å². The van der Waals surface area contributed by atoms with E-state index < -0.39 is 0 Å². The zero-order chi connectivity index (χ0) is 41.4. The van der Waals surface area contributed by atoms with Crippen LogP contribution in [0.3, 0.4) is 0 Å². The van der Waals surface area contributed by atoms with Gasteiger partial charge in [-0.15, -0.1) is 0 Å². The Kier molecular flexibility index (Phi) is 7.80. The van der Waals surface area contributed by atoms with Crippen LogP contribution in [0.2, 0.25) is 0 Å². The van der Waals surface area contributed by atoms with Gasteiger partial charge in [0, 0.05) is 49.1 Å². The van der Waals surface area contributed by atoms with Crippen LogP contribution < -0.4 is 0 Å². The lowest BCUT2D eigenvalue weighted by atomic mass is 10.0. The third kappa shape index (κ3) is 5.48. The minimum Gasteiger partial charge on any atom is -0.453 e. The predicted molar refractivity (Wildman–Crippen MR) is 258 cm³/mol. The molecule has 0 unspecified atom stereocenters. The number of benzene rings is 9. The Morgan fingerprint density at radius 2 is 0.841 bits per heavy atom. The SMILES string of the molecule is c1ccc(-c2ccc3c4ccccc4n(-c4cccc5c6ccc7c8cccc(-c9nc(-c%10ccccc%10)nc(-c%10ccccc%10)n9)c8oc7c6n(-c6ccccc6)c45)c3c2)cc1. The molecule has 0 spiro atoms. The zero-order valence-corrected chi connectivity index (χ0v) is 33.9. The van der Waals surface area contributed by atoms with Crippen LogP contribution in [0.15, 0.2) is 217 Å². The second kappa shape index (κ2) is 14.0. The van der Waals surface area contributed by atoms with Gasteiger partial charge < -0.3 is 13.6 Å². The molecule has 13 rings (SSSR count). The fourth-order valence-corrected chi connectivity index (χ4v) is 9.54. The number of hydrogen-bond donors (Lipinski definition) is 0. The van der Waals surface area contributed by atoms with E-state index in [1.807, 2.05) is 60.7 Å². The number of para-hydroxylation sites is 4. The minimum absolute atomic E-state index is 0.552. The summed E-state index contributed by atoms with van der Waals surface area (Å²) in [7, 11) is 0. The second-order valence-electron chi connectivity index (χ2n) is 16.0. The van der Waals surface area contributed by atoms with Crippen molar-refractivity contribution in [1.29, 1.82) is 0 Å². The molecule has 6 nitrogen and oxygen atoms in total. The van der Waals surface area contributed by atoms with E-state index in [4.69, 9.17) is 19.4 Å². The summed E-state index contributed by atoms with van der Waals surface area (Å²) in [6, 6.07) is 74.4. The van der Waals surface area contributed by atoms with E-state index in [0.717, 1.165) is 82.8 Å². The molecule has 0 saturated carbocycles. The molecule has 4 aromatic heterocycles. The summed E-state index contributed by atoms with van der Waals surface area (Å²) in [5.74, 6) is 1.76. The van der Waals surface area contributed by atoms with Crippen LogP contribution in [0, 0.1) is 0 Å².